The minimum absolute atomic E-state index is 0.359. The first-order valence-electron chi connectivity index (χ1n) is 7.13. The molecule has 1 heteroatoms. The van der Waals surface area contributed by atoms with Crippen LogP contribution in [0, 0.1) is 0 Å². The Hall–Kier alpha value is -0.350. The van der Waals surface area contributed by atoms with E-state index in [1.54, 1.807) is 0 Å². The topological polar surface area (TPSA) is 0 Å². The van der Waals surface area contributed by atoms with Gasteiger partial charge in [-0.3, -0.25) is 0 Å². The van der Waals surface area contributed by atoms with Crippen molar-refractivity contribution in [3.8, 4) is 0 Å². The fraction of sp³-hybridized carbons (Fsp3) is 0.625. The third-order valence-electron chi connectivity index (χ3n) is 3.11. The van der Waals surface area contributed by atoms with E-state index in [9.17, 15) is 0 Å². The molecule has 0 unspecified atom stereocenters. The lowest BCUT2D eigenvalue weighted by molar-refractivity contribution is 0.796. The van der Waals surface area contributed by atoms with Crippen LogP contribution in [0.2, 0.25) is 0 Å². The van der Waals surface area contributed by atoms with E-state index in [1.165, 1.54) is 56.2 Å². The monoisotopic (exact) mass is 250 g/mol. The maximum absolute atomic E-state index is 2.33. The molecular formula is C16H27P. The molecule has 0 heterocycles. The van der Waals surface area contributed by atoms with Crippen LogP contribution >= 0.6 is 7.92 Å². The Morgan fingerprint density at radius 3 is 2.06 bits per heavy atom. The molecule has 0 bridgehead atoms. The van der Waals surface area contributed by atoms with Crippen molar-refractivity contribution < 1.29 is 0 Å². The number of aryl methyl sites for hydroxylation is 1. The predicted molar refractivity (Wildman–Crippen MR) is 81.5 cm³/mol. The Bertz CT molecular complexity index is 262. The lowest BCUT2D eigenvalue weighted by Gasteiger charge is -2.15. The summed E-state index contributed by atoms with van der Waals surface area (Å²) in [5.41, 5.74) is 1.50. The minimum atomic E-state index is 0.359. The summed E-state index contributed by atoms with van der Waals surface area (Å²) in [6, 6.07) is 10.9. The van der Waals surface area contributed by atoms with Gasteiger partial charge < -0.3 is 0 Å². The van der Waals surface area contributed by atoms with Crippen molar-refractivity contribution in [3.05, 3.63) is 35.9 Å². The lowest BCUT2D eigenvalue weighted by Crippen LogP contribution is -1.95. The van der Waals surface area contributed by atoms with Gasteiger partial charge in [0.25, 0.3) is 0 Å². The molecule has 1 aromatic rings. The number of rotatable bonds is 9. The van der Waals surface area contributed by atoms with Gasteiger partial charge in [-0.1, -0.05) is 57.0 Å². The Morgan fingerprint density at radius 1 is 0.824 bits per heavy atom. The summed E-state index contributed by atoms with van der Waals surface area (Å²) in [7, 11) is 0.359. The van der Waals surface area contributed by atoms with Crippen LogP contribution < -0.4 is 0 Å². The van der Waals surface area contributed by atoms with Crippen LogP contribution in [0.3, 0.4) is 0 Å². The largest absolute Gasteiger partial charge is 0.107 e. The Kier molecular flexibility index (Phi) is 8.36. The molecule has 1 rings (SSSR count). The van der Waals surface area contributed by atoms with Crippen LogP contribution in [-0.4, -0.2) is 18.5 Å². The molecule has 0 saturated carbocycles. The van der Waals surface area contributed by atoms with Gasteiger partial charge >= 0.3 is 0 Å². The molecule has 0 N–H and O–H groups in total. The van der Waals surface area contributed by atoms with Crippen LogP contribution in [0.25, 0.3) is 0 Å². The fourth-order valence-electron chi connectivity index (χ4n) is 2.28. The molecule has 0 aliphatic rings. The first-order chi connectivity index (χ1) is 8.36. The highest BCUT2D eigenvalue weighted by Gasteiger charge is 2.04. The second-order valence-electron chi connectivity index (χ2n) is 4.78. The summed E-state index contributed by atoms with van der Waals surface area (Å²) in [6.45, 7) is 4.66. The van der Waals surface area contributed by atoms with Gasteiger partial charge in [-0.15, -0.1) is 7.92 Å². The summed E-state index contributed by atoms with van der Waals surface area (Å²) in [5, 5.41) is 0. The van der Waals surface area contributed by atoms with Gasteiger partial charge in [-0.2, -0.15) is 0 Å². The van der Waals surface area contributed by atoms with Crippen molar-refractivity contribution in [2.75, 3.05) is 18.5 Å². The van der Waals surface area contributed by atoms with Gasteiger partial charge in [0.2, 0.25) is 0 Å². The molecule has 1 aromatic carbocycles. The molecule has 17 heavy (non-hydrogen) atoms. The van der Waals surface area contributed by atoms with Crippen molar-refractivity contribution in [3.63, 3.8) is 0 Å². The minimum Gasteiger partial charge on any atom is -0.107 e. The molecule has 0 spiro atoms. The quantitative estimate of drug-likeness (QED) is 0.411. The standard InChI is InChI=1S/C16H27P/c1-3-13-17(14-4-2)15-9-8-12-16-10-6-5-7-11-16/h5-7,10-11H,3-4,8-9,12-15H2,1-2H3. The fourth-order valence-corrected chi connectivity index (χ4v) is 4.88. The predicted octanol–water partition coefficient (Wildman–Crippen LogP) is 5.31. The molecule has 96 valence electrons. The van der Waals surface area contributed by atoms with E-state index in [1.807, 2.05) is 0 Å². The van der Waals surface area contributed by atoms with E-state index >= 15 is 0 Å². The molecule has 0 amide bonds. The summed E-state index contributed by atoms with van der Waals surface area (Å²) in [5.74, 6) is 0. The van der Waals surface area contributed by atoms with E-state index < -0.39 is 0 Å². The smallest absolute Gasteiger partial charge is 0.0279 e. The molecule has 0 aliphatic heterocycles. The van der Waals surface area contributed by atoms with Crippen LogP contribution in [0.15, 0.2) is 30.3 Å². The SMILES string of the molecule is CCCP(CCC)CCCCc1ccccc1. The highest BCUT2D eigenvalue weighted by molar-refractivity contribution is 7.57. The molecular weight excluding hydrogens is 223 g/mol. The molecule has 0 nitrogen and oxygen atoms in total. The second kappa shape index (κ2) is 9.66. The van der Waals surface area contributed by atoms with Gasteiger partial charge in [-0.25, -0.2) is 0 Å². The van der Waals surface area contributed by atoms with Crippen molar-refractivity contribution in [1.29, 1.82) is 0 Å². The zero-order valence-electron chi connectivity index (χ0n) is 11.5. The first kappa shape index (κ1) is 14.7. The number of unbranched alkanes of at least 4 members (excludes halogenated alkanes) is 1. The molecule has 0 atom stereocenters. The molecule has 0 radical (unpaired) electrons. The Morgan fingerprint density at radius 2 is 1.47 bits per heavy atom. The van der Waals surface area contributed by atoms with Crippen LogP contribution in [0.5, 0.6) is 0 Å². The summed E-state index contributed by atoms with van der Waals surface area (Å²) >= 11 is 0. The van der Waals surface area contributed by atoms with E-state index in [2.05, 4.69) is 44.2 Å². The van der Waals surface area contributed by atoms with E-state index in [0.717, 1.165) is 0 Å². The van der Waals surface area contributed by atoms with Crippen molar-refractivity contribution >= 4 is 7.92 Å². The number of hydrogen-bond donors (Lipinski definition) is 0. The first-order valence-corrected chi connectivity index (χ1v) is 9.02. The highest BCUT2D eigenvalue weighted by Crippen LogP contribution is 2.37. The lowest BCUT2D eigenvalue weighted by atomic mass is 10.1. The summed E-state index contributed by atoms with van der Waals surface area (Å²) < 4.78 is 0. The molecule has 0 fully saturated rings. The average Bonchev–Trinajstić information content (AvgIpc) is 2.36. The van der Waals surface area contributed by atoms with Gasteiger partial charge in [-0.05, 0) is 43.3 Å². The molecule has 0 aromatic heterocycles. The molecule has 0 saturated heterocycles. The van der Waals surface area contributed by atoms with Crippen molar-refractivity contribution in [2.24, 2.45) is 0 Å². The highest BCUT2D eigenvalue weighted by atomic mass is 31.1. The van der Waals surface area contributed by atoms with Crippen molar-refractivity contribution in [1.82, 2.24) is 0 Å². The summed E-state index contributed by atoms with van der Waals surface area (Å²) in [4.78, 5) is 0. The zero-order chi connectivity index (χ0) is 12.3. The van der Waals surface area contributed by atoms with E-state index in [-0.39, 0.29) is 0 Å². The maximum Gasteiger partial charge on any atom is -0.0279 e. The van der Waals surface area contributed by atoms with E-state index in [4.69, 9.17) is 0 Å². The third kappa shape index (κ3) is 6.84. The zero-order valence-corrected chi connectivity index (χ0v) is 12.4. The average molecular weight is 250 g/mol. The van der Waals surface area contributed by atoms with Gasteiger partial charge in [0.05, 0.1) is 0 Å². The molecule has 0 aliphatic carbocycles. The number of benzene rings is 1. The van der Waals surface area contributed by atoms with E-state index in [0.29, 0.717) is 7.92 Å². The van der Waals surface area contributed by atoms with Gasteiger partial charge in [0, 0.05) is 0 Å². The third-order valence-corrected chi connectivity index (χ3v) is 6.22. The maximum atomic E-state index is 2.33. The van der Waals surface area contributed by atoms with Crippen LogP contribution in [-0.2, 0) is 6.42 Å². The van der Waals surface area contributed by atoms with Crippen LogP contribution in [0.4, 0.5) is 0 Å². The normalized spacial score (nSPS) is 11.0. The Labute approximate surface area is 109 Å². The van der Waals surface area contributed by atoms with Crippen LogP contribution in [0.1, 0.15) is 45.1 Å². The number of hydrogen-bond acceptors (Lipinski definition) is 0. The Balaban J connectivity index is 2.13. The summed E-state index contributed by atoms with van der Waals surface area (Å²) in [6.07, 6.45) is 11.3. The second-order valence-corrected chi connectivity index (χ2v) is 7.47. The van der Waals surface area contributed by atoms with Crippen molar-refractivity contribution in [2.45, 2.75) is 46.0 Å². The van der Waals surface area contributed by atoms with Gasteiger partial charge in [0.15, 0.2) is 0 Å². The van der Waals surface area contributed by atoms with Gasteiger partial charge in [0.1, 0.15) is 0 Å².